The molecule has 0 aliphatic carbocycles. The van der Waals surface area contributed by atoms with Crippen molar-refractivity contribution in [1.82, 2.24) is 19.7 Å². The van der Waals surface area contributed by atoms with E-state index in [0.717, 1.165) is 21.6 Å². The fourth-order valence-corrected chi connectivity index (χ4v) is 4.33. The molecule has 29 heavy (non-hydrogen) atoms. The van der Waals surface area contributed by atoms with Crippen molar-refractivity contribution in [1.29, 1.82) is 0 Å². The Bertz CT molecular complexity index is 1170. The Hall–Kier alpha value is -2.77. The van der Waals surface area contributed by atoms with Crippen LogP contribution in [0.2, 0.25) is 5.02 Å². The molecule has 3 aromatic heterocycles. The molecular weight excluding hydrogens is 406 g/mol. The van der Waals surface area contributed by atoms with Crippen molar-refractivity contribution in [3.8, 4) is 0 Å². The minimum atomic E-state index is -0.157. The Morgan fingerprint density at radius 2 is 2.07 bits per heavy atom. The summed E-state index contributed by atoms with van der Waals surface area (Å²) in [6.07, 6.45) is 1.72. The molecule has 0 N–H and O–H groups in total. The van der Waals surface area contributed by atoms with Gasteiger partial charge in [-0.1, -0.05) is 29.0 Å². The van der Waals surface area contributed by atoms with Gasteiger partial charge in [0.25, 0.3) is 5.91 Å². The van der Waals surface area contributed by atoms with Gasteiger partial charge < -0.3 is 0 Å². The van der Waals surface area contributed by atoms with Crippen molar-refractivity contribution in [2.45, 2.75) is 33.4 Å². The molecule has 0 unspecified atom stereocenters. The van der Waals surface area contributed by atoms with Crippen LogP contribution < -0.4 is 4.90 Å². The lowest BCUT2D eigenvalue weighted by Gasteiger charge is -2.21. The second-order valence-corrected chi connectivity index (χ2v) is 8.48. The van der Waals surface area contributed by atoms with Crippen LogP contribution in [0.5, 0.6) is 0 Å². The van der Waals surface area contributed by atoms with Gasteiger partial charge in [-0.25, -0.2) is 4.98 Å². The number of aromatic nitrogens is 4. The van der Waals surface area contributed by atoms with Crippen molar-refractivity contribution in [2.24, 2.45) is 0 Å². The molecule has 0 saturated heterocycles. The summed E-state index contributed by atoms with van der Waals surface area (Å²) in [5.41, 5.74) is 2.92. The van der Waals surface area contributed by atoms with Crippen LogP contribution in [-0.2, 0) is 6.54 Å². The molecule has 0 bridgehead atoms. The molecule has 4 rings (SSSR count). The van der Waals surface area contributed by atoms with Crippen molar-refractivity contribution in [3.63, 3.8) is 0 Å². The number of rotatable bonds is 5. The zero-order chi connectivity index (χ0) is 20.5. The largest absolute Gasteiger partial charge is 0.278 e. The van der Waals surface area contributed by atoms with Gasteiger partial charge in [-0.15, -0.1) is 0 Å². The van der Waals surface area contributed by atoms with E-state index >= 15 is 0 Å². The van der Waals surface area contributed by atoms with Crippen LogP contribution in [0.3, 0.4) is 0 Å². The molecule has 0 fully saturated rings. The molecule has 0 aliphatic heterocycles. The number of thiazole rings is 1. The monoisotopic (exact) mass is 425 g/mol. The molecule has 3 heterocycles. The van der Waals surface area contributed by atoms with E-state index in [4.69, 9.17) is 11.6 Å². The third-order valence-electron chi connectivity index (χ3n) is 4.43. The van der Waals surface area contributed by atoms with E-state index in [1.165, 1.54) is 11.3 Å². The zero-order valence-corrected chi connectivity index (χ0v) is 17.9. The standard InChI is InChI=1S/C21H20ClN5OS/c1-13(2)27-18(10-14(3)25-27)20(28)26(12-16-6-4-5-9-23-16)21-24-17-8-7-15(22)11-19(17)29-21/h4-11,13H,12H2,1-3H3. The lowest BCUT2D eigenvalue weighted by molar-refractivity contribution is 0.0972. The molecule has 6 nitrogen and oxygen atoms in total. The first-order valence-corrected chi connectivity index (χ1v) is 10.5. The smallest absolute Gasteiger partial charge is 0.277 e. The molecule has 0 spiro atoms. The third kappa shape index (κ3) is 4.02. The molecule has 8 heteroatoms. The molecule has 4 aromatic rings. The van der Waals surface area contributed by atoms with Crippen molar-refractivity contribution < 1.29 is 4.79 Å². The van der Waals surface area contributed by atoms with E-state index in [1.54, 1.807) is 21.8 Å². The second kappa shape index (κ2) is 7.93. The SMILES string of the molecule is Cc1cc(C(=O)N(Cc2ccccn2)c2nc3ccc(Cl)cc3s2)n(C(C)C)n1. The fourth-order valence-electron chi connectivity index (χ4n) is 3.09. The summed E-state index contributed by atoms with van der Waals surface area (Å²) < 4.78 is 2.69. The summed E-state index contributed by atoms with van der Waals surface area (Å²) in [5.74, 6) is -0.157. The van der Waals surface area contributed by atoms with Crippen molar-refractivity contribution >= 4 is 44.2 Å². The summed E-state index contributed by atoms with van der Waals surface area (Å²) in [4.78, 5) is 24.3. The van der Waals surface area contributed by atoms with E-state index in [1.807, 2.05) is 57.2 Å². The number of nitrogens with zero attached hydrogens (tertiary/aromatic N) is 5. The number of hydrogen-bond donors (Lipinski definition) is 0. The van der Waals surface area contributed by atoms with Gasteiger partial charge >= 0.3 is 0 Å². The minimum Gasteiger partial charge on any atom is -0.277 e. The van der Waals surface area contributed by atoms with Gasteiger partial charge in [0.1, 0.15) is 5.69 Å². The highest BCUT2D eigenvalue weighted by Crippen LogP contribution is 2.32. The molecular formula is C21H20ClN5OS. The maximum Gasteiger partial charge on any atom is 0.278 e. The first-order chi connectivity index (χ1) is 13.9. The van der Waals surface area contributed by atoms with E-state index < -0.39 is 0 Å². The summed E-state index contributed by atoms with van der Waals surface area (Å²) >= 11 is 7.57. The number of pyridine rings is 1. The Morgan fingerprint density at radius 1 is 1.24 bits per heavy atom. The van der Waals surface area contributed by atoms with Crippen LogP contribution >= 0.6 is 22.9 Å². The van der Waals surface area contributed by atoms with Crippen LogP contribution in [0.25, 0.3) is 10.2 Å². The van der Waals surface area contributed by atoms with Crippen molar-refractivity contribution in [3.05, 3.63) is 70.8 Å². The Balaban J connectivity index is 1.80. The second-order valence-electron chi connectivity index (χ2n) is 7.03. The highest BCUT2D eigenvalue weighted by atomic mass is 35.5. The highest BCUT2D eigenvalue weighted by molar-refractivity contribution is 7.22. The normalized spacial score (nSPS) is 11.3. The Morgan fingerprint density at radius 3 is 2.79 bits per heavy atom. The average Bonchev–Trinajstić information content (AvgIpc) is 3.29. The van der Waals surface area contributed by atoms with Crippen LogP contribution in [0.15, 0.2) is 48.7 Å². The molecule has 0 radical (unpaired) electrons. The lowest BCUT2D eigenvalue weighted by atomic mass is 10.2. The fraction of sp³-hybridized carbons (Fsp3) is 0.238. The summed E-state index contributed by atoms with van der Waals surface area (Å²) in [6.45, 7) is 6.21. The van der Waals surface area contributed by atoms with Crippen LogP contribution in [-0.4, -0.2) is 25.7 Å². The van der Waals surface area contributed by atoms with Gasteiger partial charge in [-0.2, -0.15) is 5.10 Å². The van der Waals surface area contributed by atoms with Gasteiger partial charge in [0.2, 0.25) is 0 Å². The number of amides is 1. The predicted molar refractivity (Wildman–Crippen MR) is 117 cm³/mol. The Kier molecular flexibility index (Phi) is 5.34. The summed E-state index contributed by atoms with van der Waals surface area (Å²) in [7, 11) is 0. The molecule has 0 atom stereocenters. The first kappa shape index (κ1) is 19.5. The van der Waals surface area contributed by atoms with Crippen molar-refractivity contribution in [2.75, 3.05) is 4.90 Å². The number of carbonyl (C=O) groups excluding carboxylic acids is 1. The molecule has 148 valence electrons. The maximum atomic E-state index is 13.6. The number of hydrogen-bond acceptors (Lipinski definition) is 5. The number of benzene rings is 1. The number of carbonyl (C=O) groups is 1. The maximum absolute atomic E-state index is 13.6. The third-order valence-corrected chi connectivity index (χ3v) is 5.70. The molecule has 1 amide bonds. The van der Waals surface area contributed by atoms with Gasteiger partial charge in [0, 0.05) is 17.3 Å². The van der Waals surface area contributed by atoms with E-state index in [2.05, 4.69) is 15.1 Å². The van der Waals surface area contributed by atoms with Crippen LogP contribution in [0.1, 0.15) is 41.8 Å². The first-order valence-electron chi connectivity index (χ1n) is 9.26. The van der Waals surface area contributed by atoms with Gasteiger partial charge in [0.05, 0.1) is 28.1 Å². The highest BCUT2D eigenvalue weighted by Gasteiger charge is 2.26. The quantitative estimate of drug-likeness (QED) is 0.436. The van der Waals surface area contributed by atoms with E-state index in [0.29, 0.717) is 22.4 Å². The van der Waals surface area contributed by atoms with Gasteiger partial charge in [0.15, 0.2) is 5.13 Å². The number of anilines is 1. The zero-order valence-electron chi connectivity index (χ0n) is 16.3. The van der Waals surface area contributed by atoms with Gasteiger partial charge in [-0.05, 0) is 57.2 Å². The number of halogens is 1. The lowest BCUT2D eigenvalue weighted by Crippen LogP contribution is -2.32. The van der Waals surface area contributed by atoms with Crippen LogP contribution in [0.4, 0.5) is 5.13 Å². The molecule has 1 aromatic carbocycles. The molecule has 0 aliphatic rings. The van der Waals surface area contributed by atoms with E-state index in [-0.39, 0.29) is 11.9 Å². The number of fused-ring (bicyclic) bond motifs is 1. The average molecular weight is 426 g/mol. The Labute approximate surface area is 177 Å². The minimum absolute atomic E-state index is 0.0634. The summed E-state index contributed by atoms with van der Waals surface area (Å²) in [5, 5.41) is 5.73. The summed E-state index contributed by atoms with van der Waals surface area (Å²) in [6, 6.07) is 13.1. The molecule has 0 saturated carbocycles. The van der Waals surface area contributed by atoms with E-state index in [9.17, 15) is 4.79 Å². The topological polar surface area (TPSA) is 63.9 Å². The van der Waals surface area contributed by atoms with Gasteiger partial charge in [-0.3, -0.25) is 19.4 Å². The predicted octanol–water partition coefficient (Wildman–Crippen LogP) is 5.28. The van der Waals surface area contributed by atoms with Crippen LogP contribution in [0, 0.1) is 6.92 Å². The number of aryl methyl sites for hydroxylation is 1.